The van der Waals surface area contributed by atoms with Crippen LogP contribution in [0.25, 0.3) is 11.4 Å². The lowest BCUT2D eigenvalue weighted by Crippen LogP contribution is -2.31. The molecule has 0 unspecified atom stereocenters. The van der Waals surface area contributed by atoms with Gasteiger partial charge in [0.2, 0.25) is 0 Å². The quantitative estimate of drug-likeness (QED) is 0.693. The second kappa shape index (κ2) is 6.75. The monoisotopic (exact) mass is 347 g/mol. The molecule has 2 heterocycles. The summed E-state index contributed by atoms with van der Waals surface area (Å²) < 4.78 is 28.1. The van der Waals surface area contributed by atoms with Crippen molar-refractivity contribution in [3.05, 3.63) is 54.9 Å². The van der Waals surface area contributed by atoms with Crippen molar-refractivity contribution in [2.45, 2.75) is 10.4 Å². The van der Waals surface area contributed by atoms with E-state index in [0.717, 1.165) is 0 Å². The first-order valence-corrected chi connectivity index (χ1v) is 7.63. The number of rotatable bonds is 5. The highest BCUT2D eigenvalue weighted by atomic mass is 32.2. The molecule has 2 aromatic heterocycles. The molecule has 6 nitrogen and oxygen atoms in total. The fourth-order valence-electron chi connectivity index (χ4n) is 1.83. The van der Waals surface area contributed by atoms with Gasteiger partial charge < -0.3 is 10.3 Å². The average Bonchev–Trinajstić information content (AvgIpc) is 3.04. The molecule has 0 radical (unpaired) electrons. The molecule has 2 N–H and O–H groups in total. The lowest BCUT2D eigenvalue weighted by atomic mass is 10.3. The van der Waals surface area contributed by atoms with Gasteiger partial charge in [0.1, 0.15) is 0 Å². The molecular weight excluding hydrogens is 336 g/mol. The number of thioether (sulfide) groups is 1. The van der Waals surface area contributed by atoms with Crippen LogP contribution in [-0.4, -0.2) is 31.3 Å². The van der Waals surface area contributed by atoms with Crippen LogP contribution in [0.1, 0.15) is 0 Å². The normalized spacial score (nSPS) is 11.2. The number of nitrogens with zero attached hydrogens (tertiary/aromatic N) is 3. The first-order chi connectivity index (χ1) is 11.5. The number of halogens is 2. The fraction of sp³-hybridized carbons (Fsp3) is 0.0667. The van der Waals surface area contributed by atoms with Gasteiger partial charge in [-0.2, -0.15) is 8.78 Å². The summed E-state index contributed by atoms with van der Waals surface area (Å²) in [4.78, 5) is 18.3. The number of aromatic nitrogens is 4. The Bertz CT molecular complexity index is 826. The number of carbonyl (C=O) groups excluding carboxylic acids is 1. The first kappa shape index (κ1) is 16.1. The lowest BCUT2D eigenvalue weighted by molar-refractivity contribution is -0.129. The van der Waals surface area contributed by atoms with Gasteiger partial charge in [-0.15, -0.1) is 10.2 Å². The molecule has 0 atom stereocenters. The number of H-pyrrole nitrogens is 1. The van der Waals surface area contributed by atoms with E-state index in [9.17, 15) is 13.6 Å². The topological polar surface area (TPSA) is 83.6 Å². The molecule has 1 amide bonds. The predicted octanol–water partition coefficient (Wildman–Crippen LogP) is 3.19. The molecule has 0 fully saturated rings. The van der Waals surface area contributed by atoms with Gasteiger partial charge in [0, 0.05) is 23.6 Å². The number of carbonyl (C=O) groups is 1. The Morgan fingerprint density at radius 2 is 1.79 bits per heavy atom. The number of hydrogen-bond acceptors (Lipinski definition) is 5. The Hall–Kier alpha value is -2.81. The molecule has 0 aliphatic carbocycles. The highest BCUT2D eigenvalue weighted by molar-refractivity contribution is 8.00. The summed E-state index contributed by atoms with van der Waals surface area (Å²) in [6, 6.07) is 11.4. The van der Waals surface area contributed by atoms with Gasteiger partial charge in [-0.1, -0.05) is 18.2 Å². The largest absolute Gasteiger partial charge is 0.378 e. The van der Waals surface area contributed by atoms with E-state index in [1.54, 1.807) is 42.7 Å². The number of aromatic amines is 1. The van der Waals surface area contributed by atoms with Gasteiger partial charge in [0.25, 0.3) is 0 Å². The van der Waals surface area contributed by atoms with E-state index in [1.807, 2.05) is 0 Å². The number of nitrogens with one attached hydrogen (secondary N) is 2. The third kappa shape index (κ3) is 3.74. The van der Waals surface area contributed by atoms with Crippen molar-refractivity contribution >= 4 is 23.4 Å². The van der Waals surface area contributed by atoms with Crippen LogP contribution in [0.5, 0.6) is 0 Å². The van der Waals surface area contributed by atoms with Crippen LogP contribution in [0, 0.1) is 0 Å². The molecule has 1 aromatic carbocycles. The molecule has 0 saturated carbocycles. The SMILES string of the molecule is O=C(Nc1ccccc1)C(F)(F)Sc1nnc(-c2ccncc2)[nH]1. The van der Waals surface area contributed by atoms with E-state index < -0.39 is 11.2 Å². The highest BCUT2D eigenvalue weighted by Gasteiger charge is 2.41. The maximum absolute atomic E-state index is 14.1. The van der Waals surface area contributed by atoms with E-state index >= 15 is 0 Å². The minimum absolute atomic E-state index is 0.00143. The Morgan fingerprint density at radius 3 is 2.50 bits per heavy atom. The van der Waals surface area contributed by atoms with Crippen molar-refractivity contribution in [3.63, 3.8) is 0 Å². The van der Waals surface area contributed by atoms with Crippen LogP contribution in [0.4, 0.5) is 14.5 Å². The van der Waals surface area contributed by atoms with Crippen LogP contribution in [0.3, 0.4) is 0 Å². The number of anilines is 1. The van der Waals surface area contributed by atoms with Gasteiger partial charge in [0.15, 0.2) is 11.0 Å². The summed E-state index contributed by atoms with van der Waals surface area (Å²) in [7, 11) is 0. The number of para-hydroxylation sites is 1. The van der Waals surface area contributed by atoms with E-state index in [0.29, 0.717) is 11.4 Å². The van der Waals surface area contributed by atoms with Crippen molar-refractivity contribution in [3.8, 4) is 11.4 Å². The molecule has 9 heteroatoms. The molecule has 0 aliphatic heterocycles. The minimum Gasteiger partial charge on any atom is -0.320 e. The van der Waals surface area contributed by atoms with Gasteiger partial charge in [-0.25, -0.2) is 0 Å². The first-order valence-electron chi connectivity index (χ1n) is 6.81. The highest BCUT2D eigenvalue weighted by Crippen LogP contribution is 2.35. The Kier molecular flexibility index (Phi) is 4.52. The van der Waals surface area contributed by atoms with Crippen LogP contribution in [0.2, 0.25) is 0 Å². The van der Waals surface area contributed by atoms with Crippen LogP contribution in [0.15, 0.2) is 60.0 Å². The second-order valence-electron chi connectivity index (χ2n) is 4.65. The van der Waals surface area contributed by atoms with E-state index in [4.69, 9.17) is 0 Å². The van der Waals surface area contributed by atoms with Gasteiger partial charge >= 0.3 is 11.2 Å². The zero-order valence-electron chi connectivity index (χ0n) is 12.1. The summed E-state index contributed by atoms with van der Waals surface area (Å²) >= 11 is -0.00143. The Labute approximate surface area is 139 Å². The summed E-state index contributed by atoms with van der Waals surface area (Å²) in [6.07, 6.45) is 3.10. The van der Waals surface area contributed by atoms with Crippen LogP contribution >= 0.6 is 11.8 Å². The maximum atomic E-state index is 14.1. The fourth-order valence-corrected chi connectivity index (χ4v) is 2.44. The van der Waals surface area contributed by atoms with Crippen molar-refractivity contribution < 1.29 is 13.6 Å². The van der Waals surface area contributed by atoms with Crippen molar-refractivity contribution in [1.82, 2.24) is 20.2 Å². The average molecular weight is 347 g/mol. The molecule has 0 bridgehead atoms. The van der Waals surface area contributed by atoms with E-state index in [-0.39, 0.29) is 22.6 Å². The molecule has 24 heavy (non-hydrogen) atoms. The molecule has 122 valence electrons. The maximum Gasteiger partial charge on any atom is 0.378 e. The second-order valence-corrected chi connectivity index (χ2v) is 5.76. The summed E-state index contributed by atoms with van der Waals surface area (Å²) in [5.41, 5.74) is 0.944. The number of hydrogen-bond donors (Lipinski definition) is 2. The molecule has 0 spiro atoms. The third-order valence-electron chi connectivity index (χ3n) is 2.94. The zero-order chi connectivity index (χ0) is 17.0. The van der Waals surface area contributed by atoms with E-state index in [1.165, 1.54) is 12.1 Å². The zero-order valence-corrected chi connectivity index (χ0v) is 12.9. The van der Waals surface area contributed by atoms with Crippen LogP contribution in [-0.2, 0) is 4.79 Å². The van der Waals surface area contributed by atoms with Crippen molar-refractivity contribution in [2.75, 3.05) is 5.32 Å². The van der Waals surface area contributed by atoms with Crippen molar-refractivity contribution in [1.29, 1.82) is 0 Å². The number of pyridine rings is 1. The summed E-state index contributed by atoms with van der Waals surface area (Å²) in [5.74, 6) is -1.11. The molecular formula is C15H11F2N5OS. The molecule has 3 aromatic rings. The van der Waals surface area contributed by atoms with E-state index in [2.05, 4.69) is 25.5 Å². The number of alkyl halides is 2. The standard InChI is InChI=1S/C15H11F2N5OS/c16-15(17,13(23)19-11-4-2-1-3-5-11)24-14-20-12(21-22-14)10-6-8-18-9-7-10/h1-9H,(H,19,23)(H,20,21,22). The third-order valence-corrected chi connectivity index (χ3v) is 3.76. The Balaban J connectivity index is 1.70. The predicted molar refractivity (Wildman–Crippen MR) is 85.5 cm³/mol. The minimum atomic E-state index is -3.70. The number of amides is 1. The molecule has 0 aliphatic rings. The van der Waals surface area contributed by atoms with Crippen molar-refractivity contribution in [2.24, 2.45) is 0 Å². The Morgan fingerprint density at radius 1 is 1.08 bits per heavy atom. The number of benzene rings is 1. The summed E-state index contributed by atoms with van der Waals surface area (Å²) in [6.45, 7) is 0. The lowest BCUT2D eigenvalue weighted by Gasteiger charge is -2.13. The van der Waals surface area contributed by atoms with Crippen LogP contribution < -0.4 is 5.32 Å². The van der Waals surface area contributed by atoms with Gasteiger partial charge in [0.05, 0.1) is 0 Å². The summed E-state index contributed by atoms with van der Waals surface area (Å²) in [5, 5.41) is 5.74. The molecule has 0 saturated heterocycles. The van der Waals surface area contributed by atoms with Gasteiger partial charge in [-0.05, 0) is 36.0 Å². The van der Waals surface area contributed by atoms with Gasteiger partial charge in [-0.3, -0.25) is 9.78 Å². The molecule has 3 rings (SSSR count). The smallest absolute Gasteiger partial charge is 0.320 e.